The Morgan fingerprint density at radius 1 is 1.29 bits per heavy atom. The summed E-state index contributed by atoms with van der Waals surface area (Å²) in [6, 6.07) is 8.71. The molecule has 0 spiro atoms. The number of halogens is 1. The summed E-state index contributed by atoms with van der Waals surface area (Å²) < 4.78 is 46.8. The van der Waals surface area contributed by atoms with Gasteiger partial charge in [-0.15, -0.1) is 5.10 Å². The first kappa shape index (κ1) is 16.3. The number of pyridine rings is 1. The Hall–Kier alpha value is -2.52. The minimum absolute atomic E-state index is 0.219. The molecule has 0 unspecified atom stereocenters. The SMILES string of the molecule is COCc1nc2c(NS(=O)(=O)Cc3cccc(F)c3)cccn2n1. The number of nitrogens with one attached hydrogen (secondary N) is 1. The molecule has 3 aromatic rings. The van der Waals surface area contributed by atoms with Crippen molar-refractivity contribution in [3.8, 4) is 0 Å². The molecule has 9 heteroatoms. The first-order valence-corrected chi connectivity index (χ1v) is 8.70. The van der Waals surface area contributed by atoms with Crippen LogP contribution >= 0.6 is 0 Å². The molecule has 0 fully saturated rings. The zero-order valence-electron chi connectivity index (χ0n) is 12.8. The third kappa shape index (κ3) is 3.69. The first-order chi connectivity index (χ1) is 11.5. The molecule has 0 bridgehead atoms. The van der Waals surface area contributed by atoms with Crippen molar-refractivity contribution in [2.75, 3.05) is 11.8 Å². The van der Waals surface area contributed by atoms with Crippen molar-refractivity contribution in [3.63, 3.8) is 0 Å². The largest absolute Gasteiger partial charge is 0.377 e. The van der Waals surface area contributed by atoms with Crippen LogP contribution in [0.2, 0.25) is 0 Å². The second kappa shape index (κ2) is 6.54. The third-order valence-electron chi connectivity index (χ3n) is 3.19. The maximum absolute atomic E-state index is 13.2. The Kier molecular flexibility index (Phi) is 4.45. The molecule has 0 amide bonds. The minimum atomic E-state index is -3.73. The van der Waals surface area contributed by atoms with E-state index in [9.17, 15) is 12.8 Å². The van der Waals surface area contributed by atoms with Crippen LogP contribution < -0.4 is 4.72 Å². The summed E-state index contributed by atoms with van der Waals surface area (Å²) in [5.74, 6) is -0.383. The molecule has 1 aromatic carbocycles. The quantitative estimate of drug-likeness (QED) is 0.734. The topological polar surface area (TPSA) is 85.6 Å². The Morgan fingerprint density at radius 3 is 2.88 bits per heavy atom. The number of hydrogen-bond acceptors (Lipinski definition) is 5. The molecule has 0 aliphatic carbocycles. The number of rotatable bonds is 6. The van der Waals surface area contributed by atoms with E-state index in [1.54, 1.807) is 24.4 Å². The van der Waals surface area contributed by atoms with Crippen LogP contribution in [0.1, 0.15) is 11.4 Å². The highest BCUT2D eigenvalue weighted by Crippen LogP contribution is 2.18. The van der Waals surface area contributed by atoms with Gasteiger partial charge in [-0.2, -0.15) is 0 Å². The Morgan fingerprint density at radius 2 is 2.12 bits per heavy atom. The number of sulfonamides is 1. The number of anilines is 1. The summed E-state index contributed by atoms with van der Waals surface area (Å²) in [5, 5.41) is 4.18. The fourth-order valence-electron chi connectivity index (χ4n) is 2.27. The summed E-state index contributed by atoms with van der Waals surface area (Å²) >= 11 is 0. The minimum Gasteiger partial charge on any atom is -0.377 e. The lowest BCUT2D eigenvalue weighted by Crippen LogP contribution is -2.16. The van der Waals surface area contributed by atoms with Gasteiger partial charge in [-0.3, -0.25) is 4.72 Å². The molecule has 24 heavy (non-hydrogen) atoms. The van der Waals surface area contributed by atoms with Gasteiger partial charge < -0.3 is 4.74 Å². The van der Waals surface area contributed by atoms with Crippen LogP contribution in [0.4, 0.5) is 10.1 Å². The highest BCUT2D eigenvalue weighted by molar-refractivity contribution is 7.91. The Labute approximate surface area is 138 Å². The average molecular weight is 350 g/mol. The molecule has 1 N–H and O–H groups in total. The van der Waals surface area contributed by atoms with Gasteiger partial charge in [0, 0.05) is 13.3 Å². The van der Waals surface area contributed by atoms with Crippen molar-refractivity contribution in [2.24, 2.45) is 0 Å². The van der Waals surface area contributed by atoms with Crippen LogP contribution in [-0.4, -0.2) is 30.1 Å². The van der Waals surface area contributed by atoms with E-state index in [0.29, 0.717) is 22.7 Å². The average Bonchev–Trinajstić information content (AvgIpc) is 2.90. The summed E-state index contributed by atoms with van der Waals surface area (Å²) in [7, 11) is -2.21. The number of benzene rings is 1. The molecular formula is C15H15FN4O3S. The molecule has 2 aromatic heterocycles. The van der Waals surface area contributed by atoms with Gasteiger partial charge in [-0.05, 0) is 29.8 Å². The molecule has 0 atom stereocenters. The zero-order valence-corrected chi connectivity index (χ0v) is 13.6. The summed E-state index contributed by atoms with van der Waals surface area (Å²) in [6.07, 6.45) is 1.66. The van der Waals surface area contributed by atoms with E-state index in [2.05, 4.69) is 14.8 Å². The maximum Gasteiger partial charge on any atom is 0.237 e. The van der Waals surface area contributed by atoms with Crippen molar-refractivity contribution in [3.05, 3.63) is 59.8 Å². The second-order valence-electron chi connectivity index (χ2n) is 5.14. The Bertz CT molecular complexity index is 972. The van der Waals surface area contributed by atoms with Gasteiger partial charge in [0.05, 0.1) is 11.4 Å². The fourth-order valence-corrected chi connectivity index (χ4v) is 3.46. The number of methoxy groups -OCH3 is 1. The van der Waals surface area contributed by atoms with E-state index in [1.165, 1.54) is 29.8 Å². The van der Waals surface area contributed by atoms with Gasteiger partial charge in [0.1, 0.15) is 12.4 Å². The van der Waals surface area contributed by atoms with E-state index in [4.69, 9.17) is 4.74 Å². The molecule has 126 valence electrons. The van der Waals surface area contributed by atoms with E-state index in [0.717, 1.165) is 0 Å². The molecule has 0 saturated heterocycles. The van der Waals surface area contributed by atoms with Crippen molar-refractivity contribution in [1.29, 1.82) is 0 Å². The van der Waals surface area contributed by atoms with Gasteiger partial charge in [0.2, 0.25) is 10.0 Å². The lowest BCUT2D eigenvalue weighted by molar-refractivity contribution is 0.178. The fraction of sp³-hybridized carbons (Fsp3) is 0.200. The maximum atomic E-state index is 13.2. The normalized spacial score (nSPS) is 11.8. The molecule has 2 heterocycles. The first-order valence-electron chi connectivity index (χ1n) is 7.05. The third-order valence-corrected chi connectivity index (χ3v) is 4.44. The van der Waals surface area contributed by atoms with Crippen LogP contribution in [0.3, 0.4) is 0 Å². The number of fused-ring (bicyclic) bond motifs is 1. The van der Waals surface area contributed by atoms with Crippen LogP contribution in [0, 0.1) is 5.82 Å². The molecular weight excluding hydrogens is 335 g/mol. The van der Waals surface area contributed by atoms with Crippen LogP contribution in [0.25, 0.3) is 5.65 Å². The van der Waals surface area contributed by atoms with Crippen molar-refractivity contribution >= 4 is 21.4 Å². The molecule has 3 rings (SSSR count). The van der Waals surface area contributed by atoms with E-state index in [1.807, 2.05) is 0 Å². The summed E-state index contributed by atoms with van der Waals surface area (Å²) in [4.78, 5) is 4.25. The molecule has 0 saturated carbocycles. The molecule has 0 aliphatic heterocycles. The summed E-state index contributed by atoms with van der Waals surface area (Å²) in [6.45, 7) is 0.219. The monoisotopic (exact) mass is 350 g/mol. The lowest BCUT2D eigenvalue weighted by atomic mass is 10.2. The second-order valence-corrected chi connectivity index (χ2v) is 6.86. The number of nitrogens with zero attached hydrogens (tertiary/aromatic N) is 3. The van der Waals surface area contributed by atoms with Gasteiger partial charge in [0.15, 0.2) is 11.5 Å². The zero-order chi connectivity index (χ0) is 17.2. The standard InChI is InChI=1S/C15H15FN4O3S/c1-23-9-14-17-15-13(6-3-7-20(15)18-14)19-24(21,22)10-11-4-2-5-12(16)8-11/h2-8,19H,9-10H2,1H3. The van der Waals surface area contributed by atoms with Gasteiger partial charge in [-0.1, -0.05) is 12.1 Å². The molecule has 0 radical (unpaired) electrons. The predicted molar refractivity (Wildman–Crippen MR) is 86.3 cm³/mol. The number of ether oxygens (including phenoxy) is 1. The van der Waals surface area contributed by atoms with Crippen LogP contribution in [-0.2, 0) is 27.1 Å². The number of hydrogen-bond donors (Lipinski definition) is 1. The van der Waals surface area contributed by atoms with Crippen molar-refractivity contribution < 1.29 is 17.5 Å². The van der Waals surface area contributed by atoms with Crippen LogP contribution in [0.5, 0.6) is 0 Å². The van der Waals surface area contributed by atoms with Gasteiger partial charge >= 0.3 is 0 Å². The van der Waals surface area contributed by atoms with Crippen molar-refractivity contribution in [2.45, 2.75) is 12.4 Å². The van der Waals surface area contributed by atoms with E-state index in [-0.39, 0.29) is 12.4 Å². The predicted octanol–water partition coefficient (Wildman–Crippen LogP) is 1.96. The molecule has 0 aliphatic rings. The van der Waals surface area contributed by atoms with Crippen molar-refractivity contribution in [1.82, 2.24) is 14.6 Å². The summed E-state index contributed by atoms with van der Waals surface area (Å²) in [5.41, 5.74) is 1.02. The van der Waals surface area contributed by atoms with E-state index < -0.39 is 15.8 Å². The van der Waals surface area contributed by atoms with Gasteiger partial charge in [-0.25, -0.2) is 22.3 Å². The number of aromatic nitrogens is 3. The van der Waals surface area contributed by atoms with Gasteiger partial charge in [0.25, 0.3) is 0 Å². The lowest BCUT2D eigenvalue weighted by Gasteiger charge is -2.08. The Balaban J connectivity index is 1.88. The molecule has 7 nitrogen and oxygen atoms in total. The van der Waals surface area contributed by atoms with Crippen LogP contribution in [0.15, 0.2) is 42.6 Å². The highest BCUT2D eigenvalue weighted by atomic mass is 32.2. The van der Waals surface area contributed by atoms with E-state index >= 15 is 0 Å². The highest BCUT2D eigenvalue weighted by Gasteiger charge is 2.16. The smallest absolute Gasteiger partial charge is 0.237 e.